The van der Waals surface area contributed by atoms with Crippen molar-refractivity contribution in [2.24, 2.45) is 11.8 Å². The summed E-state index contributed by atoms with van der Waals surface area (Å²) < 4.78 is 0. The lowest BCUT2D eigenvalue weighted by atomic mass is 9.80. The molecule has 1 aliphatic carbocycles. The van der Waals surface area contributed by atoms with Gasteiger partial charge in [-0.1, -0.05) is 13.8 Å². The molecular formula is C13H24N2O3. The first-order valence-electron chi connectivity index (χ1n) is 6.69. The molecule has 2 atom stereocenters. The SMILES string of the molecule is CCN(CC(=O)O)C(=O)NC1CC(C)CC(C)C1. The van der Waals surface area contributed by atoms with Crippen LogP contribution in [0.4, 0.5) is 4.79 Å². The minimum absolute atomic E-state index is 0.180. The number of carboxylic acids is 1. The molecule has 0 aromatic heterocycles. The van der Waals surface area contributed by atoms with Crippen molar-refractivity contribution in [3.8, 4) is 0 Å². The molecule has 1 rings (SSSR count). The predicted octanol–water partition coefficient (Wildman–Crippen LogP) is 1.93. The second-order valence-electron chi connectivity index (χ2n) is 5.47. The minimum atomic E-state index is -0.975. The second-order valence-corrected chi connectivity index (χ2v) is 5.47. The van der Waals surface area contributed by atoms with Crippen LogP contribution in [0.15, 0.2) is 0 Å². The van der Waals surface area contributed by atoms with Crippen molar-refractivity contribution >= 4 is 12.0 Å². The van der Waals surface area contributed by atoms with E-state index < -0.39 is 5.97 Å². The zero-order valence-corrected chi connectivity index (χ0v) is 11.5. The molecule has 0 spiro atoms. The highest BCUT2D eigenvalue weighted by Crippen LogP contribution is 2.28. The predicted molar refractivity (Wildman–Crippen MR) is 69.4 cm³/mol. The first-order chi connectivity index (χ1) is 8.42. The van der Waals surface area contributed by atoms with Crippen LogP contribution >= 0.6 is 0 Å². The number of likely N-dealkylation sites (N-methyl/N-ethyl adjacent to an activating group) is 1. The van der Waals surface area contributed by atoms with Crippen molar-refractivity contribution in [3.05, 3.63) is 0 Å². The Morgan fingerprint density at radius 1 is 1.22 bits per heavy atom. The number of hydrogen-bond acceptors (Lipinski definition) is 2. The lowest BCUT2D eigenvalue weighted by Gasteiger charge is -2.33. The van der Waals surface area contributed by atoms with Crippen LogP contribution in [0.1, 0.15) is 40.0 Å². The highest BCUT2D eigenvalue weighted by molar-refractivity contribution is 5.80. The summed E-state index contributed by atoms with van der Waals surface area (Å²) in [6, 6.07) is -0.0784. The third kappa shape index (κ3) is 4.55. The summed E-state index contributed by atoms with van der Waals surface area (Å²) in [6.07, 6.45) is 3.18. The first-order valence-corrected chi connectivity index (χ1v) is 6.69. The molecule has 0 bridgehead atoms. The van der Waals surface area contributed by atoms with Gasteiger partial charge in [-0.15, -0.1) is 0 Å². The molecule has 5 nitrogen and oxygen atoms in total. The number of nitrogens with one attached hydrogen (secondary N) is 1. The summed E-state index contributed by atoms with van der Waals surface area (Å²) in [7, 11) is 0. The van der Waals surface area contributed by atoms with E-state index in [1.807, 2.05) is 0 Å². The molecule has 1 saturated carbocycles. The molecule has 0 aliphatic heterocycles. The molecule has 1 aliphatic rings. The van der Waals surface area contributed by atoms with Crippen molar-refractivity contribution in [2.75, 3.05) is 13.1 Å². The average molecular weight is 256 g/mol. The Morgan fingerprint density at radius 3 is 2.22 bits per heavy atom. The maximum atomic E-state index is 11.9. The number of rotatable bonds is 4. The van der Waals surface area contributed by atoms with Crippen molar-refractivity contribution in [1.29, 1.82) is 0 Å². The molecule has 1 fully saturated rings. The average Bonchev–Trinajstić information content (AvgIpc) is 2.23. The lowest BCUT2D eigenvalue weighted by Crippen LogP contribution is -2.48. The molecule has 0 radical (unpaired) electrons. The van der Waals surface area contributed by atoms with E-state index in [0.717, 1.165) is 12.8 Å². The molecule has 0 aromatic rings. The fourth-order valence-electron chi connectivity index (χ4n) is 2.82. The smallest absolute Gasteiger partial charge is 0.323 e. The molecular weight excluding hydrogens is 232 g/mol. The lowest BCUT2D eigenvalue weighted by molar-refractivity contribution is -0.137. The van der Waals surface area contributed by atoms with E-state index in [-0.39, 0.29) is 18.6 Å². The van der Waals surface area contributed by atoms with Crippen LogP contribution in [-0.4, -0.2) is 41.1 Å². The fraction of sp³-hybridized carbons (Fsp3) is 0.846. The van der Waals surface area contributed by atoms with E-state index in [4.69, 9.17) is 5.11 Å². The third-order valence-electron chi connectivity index (χ3n) is 3.50. The molecule has 104 valence electrons. The summed E-state index contributed by atoms with van der Waals surface area (Å²) in [6.45, 7) is 6.36. The number of nitrogens with zero attached hydrogens (tertiary/aromatic N) is 1. The van der Waals surface area contributed by atoms with Crippen LogP contribution in [0.5, 0.6) is 0 Å². The largest absolute Gasteiger partial charge is 0.480 e. The number of amides is 2. The maximum Gasteiger partial charge on any atom is 0.323 e. The number of carboxylic acid groups (broad SMARTS) is 1. The van der Waals surface area contributed by atoms with E-state index in [1.54, 1.807) is 6.92 Å². The molecule has 0 aromatic carbocycles. The van der Waals surface area contributed by atoms with Gasteiger partial charge in [0.05, 0.1) is 0 Å². The second kappa shape index (κ2) is 6.61. The normalized spacial score (nSPS) is 27.6. The minimum Gasteiger partial charge on any atom is -0.480 e. The standard InChI is InChI=1S/C13H24N2O3/c1-4-15(8-12(16)17)13(18)14-11-6-9(2)5-10(3)7-11/h9-11H,4-8H2,1-3H3,(H,14,18)(H,16,17). The number of carbonyl (C=O) groups is 2. The third-order valence-corrected chi connectivity index (χ3v) is 3.50. The number of hydrogen-bond donors (Lipinski definition) is 2. The van der Waals surface area contributed by atoms with Crippen LogP contribution in [0, 0.1) is 11.8 Å². The van der Waals surface area contributed by atoms with E-state index in [2.05, 4.69) is 19.2 Å². The molecule has 0 heterocycles. The van der Waals surface area contributed by atoms with Crippen molar-refractivity contribution in [1.82, 2.24) is 10.2 Å². The van der Waals surface area contributed by atoms with Crippen LogP contribution < -0.4 is 5.32 Å². The van der Waals surface area contributed by atoms with Gasteiger partial charge in [0.15, 0.2) is 0 Å². The summed E-state index contributed by atoms with van der Waals surface area (Å²) >= 11 is 0. The zero-order chi connectivity index (χ0) is 13.7. The quantitative estimate of drug-likeness (QED) is 0.807. The number of urea groups is 1. The zero-order valence-electron chi connectivity index (χ0n) is 11.5. The summed E-state index contributed by atoms with van der Waals surface area (Å²) in [4.78, 5) is 23.9. The van der Waals surface area contributed by atoms with Gasteiger partial charge in [-0.25, -0.2) is 4.79 Å². The Labute approximate surface area is 109 Å². The number of carbonyl (C=O) groups excluding carboxylic acids is 1. The van der Waals surface area contributed by atoms with Gasteiger partial charge in [0.1, 0.15) is 6.54 Å². The Morgan fingerprint density at radius 2 is 1.78 bits per heavy atom. The Bertz CT molecular complexity index is 297. The first kappa shape index (κ1) is 14.8. The van der Waals surface area contributed by atoms with Gasteiger partial charge in [-0.2, -0.15) is 0 Å². The van der Waals surface area contributed by atoms with Gasteiger partial charge in [0.2, 0.25) is 0 Å². The van der Waals surface area contributed by atoms with Crippen molar-refractivity contribution in [2.45, 2.75) is 46.1 Å². The van der Waals surface area contributed by atoms with Gasteiger partial charge in [0, 0.05) is 12.6 Å². The molecule has 18 heavy (non-hydrogen) atoms. The fourth-order valence-corrected chi connectivity index (χ4v) is 2.82. The van der Waals surface area contributed by atoms with Crippen LogP contribution in [-0.2, 0) is 4.79 Å². The Balaban J connectivity index is 2.49. The highest BCUT2D eigenvalue weighted by atomic mass is 16.4. The summed E-state index contributed by atoms with van der Waals surface area (Å²) in [5, 5.41) is 11.7. The van der Waals surface area contributed by atoms with Gasteiger partial charge >= 0.3 is 12.0 Å². The van der Waals surface area contributed by atoms with Gasteiger partial charge in [-0.05, 0) is 38.0 Å². The highest BCUT2D eigenvalue weighted by Gasteiger charge is 2.26. The summed E-state index contributed by atoms with van der Waals surface area (Å²) in [5.41, 5.74) is 0. The van der Waals surface area contributed by atoms with Gasteiger partial charge < -0.3 is 15.3 Å². The number of aliphatic carboxylic acids is 1. The van der Waals surface area contributed by atoms with Crippen LogP contribution in [0.25, 0.3) is 0 Å². The summed E-state index contributed by atoms with van der Waals surface area (Å²) in [5.74, 6) is 0.264. The van der Waals surface area contributed by atoms with E-state index >= 15 is 0 Å². The van der Waals surface area contributed by atoms with Gasteiger partial charge in [0.25, 0.3) is 0 Å². The molecule has 5 heteroatoms. The molecule has 2 unspecified atom stereocenters. The molecule has 0 saturated heterocycles. The van der Waals surface area contributed by atoms with Crippen molar-refractivity contribution < 1.29 is 14.7 Å². The van der Waals surface area contributed by atoms with E-state index in [0.29, 0.717) is 18.4 Å². The van der Waals surface area contributed by atoms with E-state index in [1.165, 1.54) is 11.3 Å². The van der Waals surface area contributed by atoms with E-state index in [9.17, 15) is 9.59 Å². The Hall–Kier alpha value is -1.26. The maximum absolute atomic E-state index is 11.9. The molecule has 2 N–H and O–H groups in total. The monoisotopic (exact) mass is 256 g/mol. The Kier molecular flexibility index (Phi) is 5.44. The van der Waals surface area contributed by atoms with Gasteiger partial charge in [-0.3, -0.25) is 4.79 Å². The molecule has 2 amide bonds. The van der Waals surface area contributed by atoms with Crippen molar-refractivity contribution in [3.63, 3.8) is 0 Å². The van der Waals surface area contributed by atoms with Crippen LogP contribution in [0.2, 0.25) is 0 Å². The topological polar surface area (TPSA) is 69.6 Å². The van der Waals surface area contributed by atoms with Crippen LogP contribution in [0.3, 0.4) is 0 Å².